The van der Waals surface area contributed by atoms with Crippen LogP contribution in [-0.4, -0.2) is 29.1 Å². The van der Waals surface area contributed by atoms with Crippen LogP contribution in [-0.2, 0) is 11.3 Å². The summed E-state index contributed by atoms with van der Waals surface area (Å²) in [6, 6.07) is 20.1. The van der Waals surface area contributed by atoms with Crippen LogP contribution in [0.4, 0.5) is 10.5 Å². The van der Waals surface area contributed by atoms with Crippen LogP contribution in [0.15, 0.2) is 77.8 Å². The minimum atomic E-state index is -0.352. The Morgan fingerprint density at radius 2 is 1.81 bits per heavy atom. The van der Waals surface area contributed by atoms with Crippen molar-refractivity contribution >= 4 is 57.2 Å². The number of thioether (sulfide) groups is 1. The summed E-state index contributed by atoms with van der Waals surface area (Å²) in [5.41, 5.74) is 2.36. The van der Waals surface area contributed by atoms with Crippen LogP contribution in [0.2, 0.25) is 5.02 Å². The molecule has 0 radical (unpaired) electrons. The van der Waals surface area contributed by atoms with E-state index in [9.17, 15) is 9.59 Å². The molecule has 36 heavy (non-hydrogen) atoms. The first kappa shape index (κ1) is 22.6. The number of ether oxygens (including phenoxy) is 3. The lowest BCUT2D eigenvalue weighted by atomic mass is 10.1. The van der Waals surface area contributed by atoms with Gasteiger partial charge in [0.1, 0.15) is 12.4 Å². The Labute approximate surface area is 215 Å². The van der Waals surface area contributed by atoms with Crippen molar-refractivity contribution in [2.75, 3.05) is 18.3 Å². The number of benzene rings is 3. The highest BCUT2D eigenvalue weighted by Crippen LogP contribution is 2.38. The van der Waals surface area contributed by atoms with Gasteiger partial charge in [0.15, 0.2) is 11.5 Å². The zero-order chi connectivity index (χ0) is 24.6. The van der Waals surface area contributed by atoms with Crippen LogP contribution in [0.5, 0.6) is 17.2 Å². The molecule has 0 bridgehead atoms. The van der Waals surface area contributed by atoms with Gasteiger partial charge in [-0.05, 0) is 60.3 Å². The Kier molecular flexibility index (Phi) is 5.83. The Morgan fingerprint density at radius 3 is 2.67 bits per heavy atom. The number of rotatable bonds is 6. The van der Waals surface area contributed by atoms with Crippen LogP contribution in [0.3, 0.4) is 0 Å². The number of aromatic nitrogens is 1. The van der Waals surface area contributed by atoms with Crippen molar-refractivity contribution in [1.29, 1.82) is 0 Å². The molecule has 7 nitrogen and oxygen atoms in total. The van der Waals surface area contributed by atoms with Crippen LogP contribution in [0.1, 0.15) is 5.56 Å². The highest BCUT2D eigenvalue weighted by atomic mass is 35.5. The third-order valence-corrected chi connectivity index (χ3v) is 7.05. The second kappa shape index (κ2) is 9.29. The van der Waals surface area contributed by atoms with Crippen LogP contribution in [0, 0.1) is 0 Å². The third kappa shape index (κ3) is 4.19. The van der Waals surface area contributed by atoms with Gasteiger partial charge in [-0.3, -0.25) is 9.59 Å². The molecule has 0 spiro atoms. The first-order valence-electron chi connectivity index (χ1n) is 11.2. The van der Waals surface area contributed by atoms with Gasteiger partial charge in [0.2, 0.25) is 6.79 Å². The third-order valence-electron chi connectivity index (χ3n) is 5.93. The van der Waals surface area contributed by atoms with Gasteiger partial charge in [0, 0.05) is 33.8 Å². The second-order valence-electron chi connectivity index (χ2n) is 8.15. The Morgan fingerprint density at radius 1 is 1.00 bits per heavy atom. The van der Waals surface area contributed by atoms with Crippen molar-refractivity contribution in [3.05, 3.63) is 88.4 Å². The molecular formula is C27H19ClN2O5S. The number of carbonyl (C=O) groups excluding carboxylic acids is 2. The van der Waals surface area contributed by atoms with E-state index in [1.54, 1.807) is 30.3 Å². The standard InChI is InChI=1S/C27H19ClN2O5S/c28-18-5-7-19(8-6-18)30-26(31)25(36-27(30)32)13-17-15-29(22-4-2-1-3-21(17)22)11-12-33-20-9-10-23-24(14-20)35-16-34-23/h1-10,13-15H,11-12,16H2/b25-13-. The number of anilines is 1. The summed E-state index contributed by atoms with van der Waals surface area (Å²) in [4.78, 5) is 27.3. The molecule has 2 aliphatic rings. The molecule has 9 heteroatoms. The summed E-state index contributed by atoms with van der Waals surface area (Å²) in [6.07, 6.45) is 3.75. The summed E-state index contributed by atoms with van der Waals surface area (Å²) in [6.45, 7) is 1.25. The van der Waals surface area contributed by atoms with E-state index in [0.29, 0.717) is 46.0 Å². The zero-order valence-corrected chi connectivity index (χ0v) is 20.4. The maximum absolute atomic E-state index is 13.1. The SMILES string of the molecule is O=C1S/C(=C\c2cn(CCOc3ccc4c(c3)OCO4)c3ccccc23)C(=O)N1c1ccc(Cl)cc1. The Balaban J connectivity index is 1.23. The highest BCUT2D eigenvalue weighted by Gasteiger charge is 2.36. The average Bonchev–Trinajstić information content (AvgIpc) is 3.56. The number of nitrogens with zero attached hydrogens (tertiary/aromatic N) is 2. The molecule has 0 aliphatic carbocycles. The highest BCUT2D eigenvalue weighted by molar-refractivity contribution is 8.19. The number of para-hydroxylation sites is 1. The van der Waals surface area contributed by atoms with Gasteiger partial charge in [-0.25, -0.2) is 4.90 Å². The van der Waals surface area contributed by atoms with Crippen LogP contribution < -0.4 is 19.1 Å². The van der Waals surface area contributed by atoms with Crippen molar-refractivity contribution < 1.29 is 23.8 Å². The molecule has 0 unspecified atom stereocenters. The number of hydrogen-bond donors (Lipinski definition) is 0. The molecule has 4 aromatic rings. The molecule has 6 rings (SSSR count). The van der Waals surface area contributed by atoms with Gasteiger partial charge >= 0.3 is 0 Å². The first-order chi connectivity index (χ1) is 17.6. The van der Waals surface area contributed by atoms with Gasteiger partial charge in [-0.1, -0.05) is 29.8 Å². The maximum atomic E-state index is 13.1. The van der Waals surface area contributed by atoms with Gasteiger partial charge in [0.25, 0.3) is 11.1 Å². The lowest BCUT2D eigenvalue weighted by molar-refractivity contribution is -0.113. The predicted molar refractivity (Wildman–Crippen MR) is 140 cm³/mol. The minimum absolute atomic E-state index is 0.219. The molecular weight excluding hydrogens is 500 g/mol. The fourth-order valence-electron chi connectivity index (χ4n) is 4.23. The normalized spacial score (nSPS) is 15.9. The lowest BCUT2D eigenvalue weighted by Crippen LogP contribution is -2.27. The van der Waals surface area contributed by atoms with Crippen molar-refractivity contribution in [3.63, 3.8) is 0 Å². The van der Waals surface area contributed by atoms with E-state index < -0.39 is 0 Å². The summed E-state index contributed by atoms with van der Waals surface area (Å²) in [7, 11) is 0. The summed E-state index contributed by atoms with van der Waals surface area (Å²) in [5, 5.41) is 1.19. The van der Waals surface area contributed by atoms with E-state index >= 15 is 0 Å². The number of fused-ring (bicyclic) bond motifs is 2. The topological polar surface area (TPSA) is 70.0 Å². The lowest BCUT2D eigenvalue weighted by Gasteiger charge is -2.12. The first-order valence-corrected chi connectivity index (χ1v) is 12.4. The van der Waals surface area contributed by atoms with E-state index in [0.717, 1.165) is 28.2 Å². The molecule has 2 aliphatic heterocycles. The molecule has 1 saturated heterocycles. The summed E-state index contributed by atoms with van der Waals surface area (Å²) >= 11 is 6.88. The molecule has 0 atom stereocenters. The molecule has 0 saturated carbocycles. The number of imide groups is 1. The minimum Gasteiger partial charge on any atom is -0.492 e. The van der Waals surface area contributed by atoms with E-state index in [4.69, 9.17) is 25.8 Å². The van der Waals surface area contributed by atoms with Gasteiger partial charge in [0.05, 0.1) is 17.1 Å². The number of carbonyl (C=O) groups is 2. The van der Waals surface area contributed by atoms with Crippen molar-refractivity contribution in [2.24, 2.45) is 0 Å². The quantitative estimate of drug-likeness (QED) is 0.277. The van der Waals surface area contributed by atoms with Gasteiger partial charge in [-0.2, -0.15) is 0 Å². The second-order valence-corrected chi connectivity index (χ2v) is 9.58. The summed E-state index contributed by atoms with van der Waals surface area (Å²) < 4.78 is 18.8. The zero-order valence-electron chi connectivity index (χ0n) is 18.8. The number of amides is 2. The Hall–Kier alpha value is -3.88. The van der Waals surface area contributed by atoms with Crippen molar-refractivity contribution in [1.82, 2.24) is 4.57 Å². The Bertz CT molecular complexity index is 1530. The van der Waals surface area contributed by atoms with E-state index in [1.807, 2.05) is 48.7 Å². The fourth-order valence-corrected chi connectivity index (χ4v) is 5.18. The fraction of sp³-hybridized carbons (Fsp3) is 0.111. The van der Waals surface area contributed by atoms with Crippen LogP contribution in [0.25, 0.3) is 17.0 Å². The number of halogens is 1. The molecule has 2 amide bonds. The monoisotopic (exact) mass is 518 g/mol. The molecule has 1 fully saturated rings. The largest absolute Gasteiger partial charge is 0.492 e. The van der Waals surface area contributed by atoms with Crippen molar-refractivity contribution in [3.8, 4) is 17.2 Å². The molecule has 1 aromatic heterocycles. The molecule has 0 N–H and O–H groups in total. The molecule has 3 aromatic carbocycles. The van der Waals surface area contributed by atoms with Crippen LogP contribution >= 0.6 is 23.4 Å². The van der Waals surface area contributed by atoms with E-state index in [1.165, 1.54) is 4.90 Å². The smallest absolute Gasteiger partial charge is 0.298 e. The van der Waals surface area contributed by atoms with Gasteiger partial charge < -0.3 is 18.8 Å². The average molecular weight is 519 g/mol. The number of hydrogen-bond acceptors (Lipinski definition) is 6. The van der Waals surface area contributed by atoms with Gasteiger partial charge in [-0.15, -0.1) is 0 Å². The van der Waals surface area contributed by atoms with E-state index in [-0.39, 0.29) is 17.9 Å². The molecule has 3 heterocycles. The maximum Gasteiger partial charge on any atom is 0.298 e. The van der Waals surface area contributed by atoms with E-state index in [2.05, 4.69) is 4.57 Å². The molecule has 180 valence electrons. The van der Waals surface area contributed by atoms with Crippen molar-refractivity contribution in [2.45, 2.75) is 6.54 Å². The predicted octanol–water partition coefficient (Wildman–Crippen LogP) is 6.34. The summed E-state index contributed by atoms with van der Waals surface area (Å²) in [5.74, 6) is 1.74.